The molecule has 1 aromatic carbocycles. The van der Waals surface area contributed by atoms with Crippen LogP contribution in [0.15, 0.2) is 29.6 Å². The molecule has 1 atom stereocenters. The van der Waals surface area contributed by atoms with Crippen molar-refractivity contribution in [1.82, 2.24) is 10.3 Å². The number of ether oxygens (including phenoxy) is 1. The summed E-state index contributed by atoms with van der Waals surface area (Å²) in [5.74, 6) is 0.923. The van der Waals surface area contributed by atoms with Crippen LogP contribution in [0.3, 0.4) is 0 Å². The maximum atomic E-state index is 5.98. The molecule has 0 radical (unpaired) electrons. The number of nitrogens with zero attached hydrogens (tertiary/aromatic N) is 1. The minimum atomic E-state index is 0.0906. The highest BCUT2D eigenvalue weighted by atomic mass is 32.1. The van der Waals surface area contributed by atoms with Gasteiger partial charge in [-0.05, 0) is 20.0 Å². The molecule has 1 unspecified atom stereocenters. The summed E-state index contributed by atoms with van der Waals surface area (Å²) in [5.41, 5.74) is 2.39. The van der Waals surface area contributed by atoms with E-state index in [-0.39, 0.29) is 11.5 Å². The van der Waals surface area contributed by atoms with E-state index in [1.54, 1.807) is 11.3 Å². The maximum Gasteiger partial charge on any atom is 0.140 e. The first-order valence-electron chi connectivity index (χ1n) is 7.25. The number of hydrogen-bond acceptors (Lipinski definition) is 4. The van der Waals surface area contributed by atoms with Gasteiger partial charge in [-0.2, -0.15) is 0 Å². The molecule has 2 aromatic rings. The fourth-order valence-corrected chi connectivity index (χ4v) is 2.92. The molecule has 1 N–H and O–H groups in total. The second kappa shape index (κ2) is 6.58. The molecule has 2 rings (SSSR count). The normalized spacial score (nSPS) is 13.2. The molecule has 0 spiro atoms. The minimum Gasteiger partial charge on any atom is -0.486 e. The Labute approximate surface area is 131 Å². The Morgan fingerprint density at radius 1 is 1.29 bits per heavy atom. The van der Waals surface area contributed by atoms with Crippen LogP contribution in [0.1, 0.15) is 50.0 Å². The van der Waals surface area contributed by atoms with Crippen LogP contribution in [0, 0.1) is 0 Å². The number of para-hydroxylation sites is 1. The number of hydrogen-bond donors (Lipinski definition) is 1. The smallest absolute Gasteiger partial charge is 0.140 e. The molecule has 114 valence electrons. The highest BCUT2D eigenvalue weighted by Gasteiger charge is 2.17. The summed E-state index contributed by atoms with van der Waals surface area (Å²) in [5, 5.41) is 6.40. The zero-order valence-electron chi connectivity index (χ0n) is 13.4. The van der Waals surface area contributed by atoms with Gasteiger partial charge in [0.1, 0.15) is 17.4 Å². The third-order valence-electron chi connectivity index (χ3n) is 3.49. The van der Waals surface area contributed by atoms with E-state index in [0.717, 1.165) is 16.5 Å². The van der Waals surface area contributed by atoms with Gasteiger partial charge in [-0.3, -0.25) is 0 Å². The lowest BCUT2D eigenvalue weighted by Crippen LogP contribution is -2.14. The second-order valence-corrected chi connectivity index (χ2v) is 7.16. The van der Waals surface area contributed by atoms with Gasteiger partial charge in [0.2, 0.25) is 0 Å². The molecule has 0 aliphatic rings. The Balaban J connectivity index is 2.08. The summed E-state index contributed by atoms with van der Waals surface area (Å²) >= 11 is 1.66. The summed E-state index contributed by atoms with van der Waals surface area (Å²) < 4.78 is 5.98. The average Bonchev–Trinajstić information content (AvgIpc) is 2.93. The molecule has 0 saturated carbocycles. The summed E-state index contributed by atoms with van der Waals surface area (Å²) in [6.07, 6.45) is 0. The fraction of sp³-hybridized carbons (Fsp3) is 0.471. The van der Waals surface area contributed by atoms with Gasteiger partial charge in [-0.15, -0.1) is 11.3 Å². The number of rotatable bonds is 5. The average molecular weight is 304 g/mol. The zero-order chi connectivity index (χ0) is 15.5. The highest BCUT2D eigenvalue weighted by Crippen LogP contribution is 2.27. The highest BCUT2D eigenvalue weighted by molar-refractivity contribution is 7.09. The lowest BCUT2D eigenvalue weighted by Gasteiger charge is -2.16. The van der Waals surface area contributed by atoms with Crippen molar-refractivity contribution in [2.45, 2.75) is 45.8 Å². The van der Waals surface area contributed by atoms with E-state index in [0.29, 0.717) is 6.61 Å². The van der Waals surface area contributed by atoms with Crippen molar-refractivity contribution in [3.05, 3.63) is 45.9 Å². The van der Waals surface area contributed by atoms with Crippen LogP contribution < -0.4 is 10.1 Å². The molecule has 3 nitrogen and oxygen atoms in total. The second-order valence-electron chi connectivity index (χ2n) is 6.21. The van der Waals surface area contributed by atoms with Crippen LogP contribution in [0.25, 0.3) is 0 Å². The zero-order valence-corrected chi connectivity index (χ0v) is 14.3. The topological polar surface area (TPSA) is 34.1 Å². The van der Waals surface area contributed by atoms with Crippen molar-refractivity contribution < 1.29 is 4.74 Å². The molecule has 0 aliphatic carbocycles. The summed E-state index contributed by atoms with van der Waals surface area (Å²) in [7, 11) is 1.96. The summed E-state index contributed by atoms with van der Waals surface area (Å²) in [6, 6.07) is 8.42. The predicted octanol–water partition coefficient (Wildman–Crippen LogP) is 4.30. The van der Waals surface area contributed by atoms with E-state index in [2.05, 4.69) is 49.4 Å². The Kier molecular flexibility index (Phi) is 5.01. The number of aromatic nitrogens is 1. The van der Waals surface area contributed by atoms with Crippen LogP contribution in [-0.2, 0) is 12.0 Å². The van der Waals surface area contributed by atoms with Gasteiger partial charge >= 0.3 is 0 Å². The molecule has 0 amide bonds. The van der Waals surface area contributed by atoms with Crippen molar-refractivity contribution in [3.63, 3.8) is 0 Å². The first kappa shape index (κ1) is 16.0. The fourth-order valence-electron chi connectivity index (χ4n) is 1.99. The van der Waals surface area contributed by atoms with Gasteiger partial charge in [-0.25, -0.2) is 4.98 Å². The van der Waals surface area contributed by atoms with Crippen LogP contribution >= 0.6 is 11.3 Å². The van der Waals surface area contributed by atoms with E-state index in [1.807, 2.05) is 25.2 Å². The maximum absolute atomic E-state index is 5.98. The molecule has 0 saturated heterocycles. The van der Waals surface area contributed by atoms with E-state index in [9.17, 15) is 0 Å². The van der Waals surface area contributed by atoms with Crippen LogP contribution in [0.5, 0.6) is 5.75 Å². The Morgan fingerprint density at radius 3 is 2.62 bits per heavy atom. The van der Waals surface area contributed by atoms with Crippen molar-refractivity contribution in [3.8, 4) is 5.75 Å². The number of benzene rings is 1. The van der Waals surface area contributed by atoms with Gasteiger partial charge in [-0.1, -0.05) is 39.0 Å². The van der Waals surface area contributed by atoms with Crippen molar-refractivity contribution in [2.75, 3.05) is 7.05 Å². The molecule has 0 fully saturated rings. The van der Waals surface area contributed by atoms with Gasteiger partial charge < -0.3 is 10.1 Å². The molecule has 1 heterocycles. The van der Waals surface area contributed by atoms with Crippen LogP contribution in [-0.4, -0.2) is 12.0 Å². The van der Waals surface area contributed by atoms with E-state index in [4.69, 9.17) is 4.74 Å². The molecule has 0 aliphatic heterocycles. The van der Waals surface area contributed by atoms with Crippen molar-refractivity contribution >= 4 is 11.3 Å². The largest absolute Gasteiger partial charge is 0.486 e. The van der Waals surface area contributed by atoms with Gasteiger partial charge in [0, 0.05) is 22.4 Å². The molecular formula is C17H24N2OS. The standard InChI is InChI=1S/C17H24N2OS/c1-12(18-5)13-8-6-7-9-14(13)20-10-16-19-15(11-21-16)17(2,3)4/h6-9,11-12,18H,10H2,1-5H3. The third-order valence-corrected chi connectivity index (χ3v) is 4.31. The molecule has 4 heteroatoms. The SMILES string of the molecule is CNC(C)c1ccccc1OCc1nc(C(C)(C)C)cs1. The third kappa shape index (κ3) is 4.05. The molecule has 21 heavy (non-hydrogen) atoms. The van der Waals surface area contributed by atoms with E-state index < -0.39 is 0 Å². The van der Waals surface area contributed by atoms with Crippen molar-refractivity contribution in [1.29, 1.82) is 0 Å². The lowest BCUT2D eigenvalue weighted by atomic mass is 9.93. The first-order chi connectivity index (χ1) is 9.91. The Morgan fingerprint density at radius 2 is 2.00 bits per heavy atom. The predicted molar refractivity (Wildman–Crippen MR) is 89.1 cm³/mol. The summed E-state index contributed by atoms with van der Waals surface area (Å²) in [6.45, 7) is 9.18. The first-order valence-corrected chi connectivity index (χ1v) is 8.13. The van der Waals surface area contributed by atoms with Gasteiger partial charge in [0.05, 0.1) is 5.69 Å². The molecular weight excluding hydrogens is 280 g/mol. The number of thiazole rings is 1. The van der Waals surface area contributed by atoms with Crippen LogP contribution in [0.4, 0.5) is 0 Å². The van der Waals surface area contributed by atoms with Gasteiger partial charge in [0.25, 0.3) is 0 Å². The van der Waals surface area contributed by atoms with Crippen LogP contribution in [0.2, 0.25) is 0 Å². The van der Waals surface area contributed by atoms with E-state index in [1.165, 1.54) is 5.56 Å². The van der Waals surface area contributed by atoms with Gasteiger partial charge in [0.15, 0.2) is 0 Å². The molecule has 1 aromatic heterocycles. The van der Waals surface area contributed by atoms with E-state index >= 15 is 0 Å². The number of nitrogens with one attached hydrogen (secondary N) is 1. The lowest BCUT2D eigenvalue weighted by molar-refractivity contribution is 0.299. The Bertz CT molecular complexity index is 586. The molecule has 0 bridgehead atoms. The summed E-state index contributed by atoms with van der Waals surface area (Å²) in [4.78, 5) is 4.67. The monoisotopic (exact) mass is 304 g/mol. The minimum absolute atomic E-state index is 0.0906. The Hall–Kier alpha value is -1.39. The van der Waals surface area contributed by atoms with Crippen molar-refractivity contribution in [2.24, 2.45) is 0 Å². The quantitative estimate of drug-likeness (QED) is 0.894.